The lowest BCUT2D eigenvalue weighted by Crippen LogP contribution is -2.31. The Balaban J connectivity index is 2.12. The van der Waals surface area contributed by atoms with E-state index in [9.17, 15) is 0 Å². The lowest BCUT2D eigenvalue weighted by atomic mass is 9.87. The van der Waals surface area contributed by atoms with Crippen molar-refractivity contribution in [2.75, 3.05) is 5.32 Å². The first-order valence-corrected chi connectivity index (χ1v) is 5.78. The first-order chi connectivity index (χ1) is 7.09. The molecule has 1 saturated carbocycles. The van der Waals surface area contributed by atoms with Gasteiger partial charge in [-0.05, 0) is 37.3 Å². The number of pyridine rings is 1. The summed E-state index contributed by atoms with van der Waals surface area (Å²) in [5, 5.41) is 3.64. The molecule has 2 rings (SSSR count). The summed E-state index contributed by atoms with van der Waals surface area (Å²) in [5.41, 5.74) is 2.71. The molecule has 82 valence electrons. The van der Waals surface area contributed by atoms with Crippen LogP contribution in [0, 0.1) is 12.3 Å². The van der Waals surface area contributed by atoms with Crippen molar-refractivity contribution in [3.05, 3.63) is 24.0 Å². The van der Waals surface area contributed by atoms with E-state index in [1.165, 1.54) is 24.9 Å². The second kappa shape index (κ2) is 3.84. The first-order valence-electron chi connectivity index (χ1n) is 5.78. The average Bonchev–Trinajstić information content (AvgIpc) is 2.50. The van der Waals surface area contributed by atoms with Crippen LogP contribution in [0.15, 0.2) is 18.3 Å². The van der Waals surface area contributed by atoms with Crippen molar-refractivity contribution < 1.29 is 0 Å². The Kier molecular flexibility index (Phi) is 2.68. The molecule has 0 aliphatic heterocycles. The second-order valence-corrected chi connectivity index (χ2v) is 5.21. The van der Waals surface area contributed by atoms with Crippen LogP contribution in [0.4, 0.5) is 5.69 Å². The number of aromatic nitrogens is 1. The van der Waals surface area contributed by atoms with E-state index in [-0.39, 0.29) is 0 Å². The minimum absolute atomic E-state index is 0.419. The molecule has 1 atom stereocenters. The van der Waals surface area contributed by atoms with Gasteiger partial charge in [0.2, 0.25) is 0 Å². The number of hydrogen-bond acceptors (Lipinski definition) is 2. The zero-order chi connectivity index (χ0) is 10.9. The molecule has 0 spiro atoms. The number of hydrogen-bond donors (Lipinski definition) is 1. The van der Waals surface area contributed by atoms with Gasteiger partial charge in [-0.25, -0.2) is 0 Å². The SMILES string of the molecule is Cc1ncccc1NC1CCCC1(C)C. The van der Waals surface area contributed by atoms with Crippen LogP contribution >= 0.6 is 0 Å². The van der Waals surface area contributed by atoms with Crippen molar-refractivity contribution in [3.8, 4) is 0 Å². The zero-order valence-corrected chi connectivity index (χ0v) is 9.88. The number of rotatable bonds is 2. The van der Waals surface area contributed by atoms with Gasteiger partial charge in [-0.1, -0.05) is 20.3 Å². The fourth-order valence-electron chi connectivity index (χ4n) is 2.42. The quantitative estimate of drug-likeness (QED) is 0.798. The summed E-state index contributed by atoms with van der Waals surface area (Å²) in [6.45, 7) is 6.76. The lowest BCUT2D eigenvalue weighted by Gasteiger charge is -2.29. The van der Waals surface area contributed by atoms with Crippen LogP contribution in [0.5, 0.6) is 0 Å². The maximum atomic E-state index is 4.31. The van der Waals surface area contributed by atoms with Gasteiger partial charge in [-0.15, -0.1) is 0 Å². The highest BCUT2D eigenvalue weighted by Gasteiger charge is 2.34. The fourth-order valence-corrected chi connectivity index (χ4v) is 2.42. The first kappa shape index (κ1) is 10.5. The highest BCUT2D eigenvalue weighted by atomic mass is 15.0. The molecule has 0 saturated heterocycles. The predicted octanol–water partition coefficient (Wildman–Crippen LogP) is 3.38. The van der Waals surface area contributed by atoms with Crippen LogP contribution in [0.2, 0.25) is 0 Å². The summed E-state index contributed by atoms with van der Waals surface area (Å²) >= 11 is 0. The van der Waals surface area contributed by atoms with Crippen molar-refractivity contribution in [2.24, 2.45) is 5.41 Å². The molecule has 1 aliphatic carbocycles. The highest BCUT2D eigenvalue weighted by Crippen LogP contribution is 2.39. The Bertz CT molecular complexity index is 344. The summed E-state index contributed by atoms with van der Waals surface area (Å²) in [6, 6.07) is 4.72. The van der Waals surface area contributed by atoms with E-state index in [4.69, 9.17) is 0 Å². The molecule has 0 aromatic carbocycles. The van der Waals surface area contributed by atoms with E-state index in [0.717, 1.165) is 5.69 Å². The molecular formula is C13H20N2. The summed E-state index contributed by atoms with van der Waals surface area (Å²) in [6.07, 6.45) is 5.79. The van der Waals surface area contributed by atoms with Gasteiger partial charge in [0.15, 0.2) is 0 Å². The van der Waals surface area contributed by atoms with Crippen molar-refractivity contribution in [1.29, 1.82) is 0 Å². The summed E-state index contributed by atoms with van der Waals surface area (Å²) in [5.74, 6) is 0. The van der Waals surface area contributed by atoms with Crippen molar-refractivity contribution in [3.63, 3.8) is 0 Å². The van der Waals surface area contributed by atoms with E-state index in [2.05, 4.69) is 37.1 Å². The van der Waals surface area contributed by atoms with Crippen LogP contribution in [0.1, 0.15) is 38.8 Å². The molecule has 2 heteroatoms. The van der Waals surface area contributed by atoms with Crippen LogP contribution in [-0.2, 0) is 0 Å². The molecule has 2 nitrogen and oxygen atoms in total. The summed E-state index contributed by atoms with van der Waals surface area (Å²) < 4.78 is 0. The van der Waals surface area contributed by atoms with Gasteiger partial charge in [-0.3, -0.25) is 4.98 Å². The molecule has 15 heavy (non-hydrogen) atoms. The van der Waals surface area contributed by atoms with Crippen LogP contribution in [0.25, 0.3) is 0 Å². The maximum Gasteiger partial charge on any atom is 0.0603 e. The third-order valence-corrected chi connectivity index (χ3v) is 3.59. The molecule has 1 fully saturated rings. The molecule has 1 heterocycles. The Hall–Kier alpha value is -1.05. The predicted molar refractivity (Wildman–Crippen MR) is 64.0 cm³/mol. The van der Waals surface area contributed by atoms with Crippen LogP contribution in [-0.4, -0.2) is 11.0 Å². The normalized spacial score (nSPS) is 24.1. The van der Waals surface area contributed by atoms with Crippen molar-refractivity contribution in [2.45, 2.75) is 46.1 Å². The van der Waals surface area contributed by atoms with Gasteiger partial charge in [-0.2, -0.15) is 0 Å². The Morgan fingerprint density at radius 1 is 1.47 bits per heavy atom. The fraction of sp³-hybridized carbons (Fsp3) is 0.615. The van der Waals surface area contributed by atoms with Gasteiger partial charge >= 0.3 is 0 Å². The van der Waals surface area contributed by atoms with E-state index < -0.39 is 0 Å². The third kappa shape index (κ3) is 2.14. The van der Waals surface area contributed by atoms with Crippen molar-refractivity contribution in [1.82, 2.24) is 4.98 Å². The minimum Gasteiger partial charge on any atom is -0.380 e. The van der Waals surface area contributed by atoms with E-state index in [1.807, 2.05) is 12.3 Å². The largest absolute Gasteiger partial charge is 0.380 e. The molecule has 0 radical (unpaired) electrons. The van der Waals surface area contributed by atoms with E-state index in [0.29, 0.717) is 11.5 Å². The molecular weight excluding hydrogens is 184 g/mol. The maximum absolute atomic E-state index is 4.31. The van der Waals surface area contributed by atoms with E-state index in [1.54, 1.807) is 0 Å². The summed E-state index contributed by atoms with van der Waals surface area (Å²) in [7, 11) is 0. The molecule has 0 amide bonds. The van der Waals surface area contributed by atoms with E-state index >= 15 is 0 Å². The van der Waals surface area contributed by atoms with Gasteiger partial charge in [0.1, 0.15) is 0 Å². The zero-order valence-electron chi connectivity index (χ0n) is 9.88. The Morgan fingerprint density at radius 2 is 2.27 bits per heavy atom. The number of anilines is 1. The molecule has 1 aromatic heterocycles. The lowest BCUT2D eigenvalue weighted by molar-refractivity contribution is 0.350. The smallest absolute Gasteiger partial charge is 0.0603 e. The van der Waals surface area contributed by atoms with Gasteiger partial charge in [0.25, 0.3) is 0 Å². The molecule has 1 N–H and O–H groups in total. The van der Waals surface area contributed by atoms with Gasteiger partial charge in [0, 0.05) is 12.2 Å². The average molecular weight is 204 g/mol. The van der Waals surface area contributed by atoms with Gasteiger partial charge < -0.3 is 5.32 Å². The number of aryl methyl sites for hydroxylation is 1. The monoisotopic (exact) mass is 204 g/mol. The van der Waals surface area contributed by atoms with Crippen LogP contribution in [0.3, 0.4) is 0 Å². The standard InChI is InChI=1S/C13H20N2/c1-10-11(6-5-9-14-10)15-12-7-4-8-13(12,2)3/h5-6,9,12,15H,4,7-8H2,1-3H3. The third-order valence-electron chi connectivity index (χ3n) is 3.59. The molecule has 0 bridgehead atoms. The van der Waals surface area contributed by atoms with Crippen LogP contribution < -0.4 is 5.32 Å². The molecule has 1 unspecified atom stereocenters. The Morgan fingerprint density at radius 3 is 2.87 bits per heavy atom. The van der Waals surface area contributed by atoms with Crippen molar-refractivity contribution >= 4 is 5.69 Å². The molecule has 1 aliphatic rings. The topological polar surface area (TPSA) is 24.9 Å². The number of nitrogens with zero attached hydrogens (tertiary/aromatic N) is 1. The molecule has 1 aromatic rings. The second-order valence-electron chi connectivity index (χ2n) is 5.21. The van der Waals surface area contributed by atoms with Gasteiger partial charge in [0.05, 0.1) is 11.4 Å². The minimum atomic E-state index is 0.419. The Labute approximate surface area is 92.1 Å². The highest BCUT2D eigenvalue weighted by molar-refractivity contribution is 5.48. The summed E-state index contributed by atoms with van der Waals surface area (Å²) in [4.78, 5) is 4.31. The number of nitrogens with one attached hydrogen (secondary N) is 1.